The van der Waals surface area contributed by atoms with Crippen LogP contribution in [0.1, 0.15) is 77.7 Å². The zero-order valence-electron chi connectivity index (χ0n) is 25.5. The Morgan fingerprint density at radius 3 is 2.36 bits per heavy atom. The minimum absolute atomic E-state index is 0.0378. The molecule has 0 aromatic heterocycles. The van der Waals surface area contributed by atoms with Crippen LogP contribution in [-0.2, 0) is 25.7 Å². The van der Waals surface area contributed by atoms with Crippen LogP contribution in [0.3, 0.4) is 0 Å². The average molecular weight is 617 g/mol. The third kappa shape index (κ3) is 9.48. The predicted octanol–water partition coefficient (Wildman–Crippen LogP) is 4.73. The van der Waals surface area contributed by atoms with E-state index in [-0.39, 0.29) is 24.3 Å². The first-order valence-electron chi connectivity index (χ1n) is 15.5. The van der Waals surface area contributed by atoms with Crippen LogP contribution in [-0.4, -0.2) is 86.7 Å². The fourth-order valence-electron chi connectivity index (χ4n) is 5.83. The summed E-state index contributed by atoms with van der Waals surface area (Å²) >= 11 is 3.00. The van der Waals surface area contributed by atoms with Gasteiger partial charge in [-0.3, -0.25) is 28.4 Å². The lowest BCUT2D eigenvalue weighted by atomic mass is 9.90. The Bertz CT molecular complexity index is 1070. The van der Waals surface area contributed by atoms with Gasteiger partial charge in [-0.2, -0.15) is 0 Å². The molecular formula is C32H48N4O4S2. The number of carbonyl (C=O) groups excluding carboxylic acids is 4. The lowest BCUT2D eigenvalue weighted by Gasteiger charge is -2.33. The first-order valence-corrected chi connectivity index (χ1v) is 17.6. The van der Waals surface area contributed by atoms with E-state index in [0.717, 1.165) is 38.2 Å². The lowest BCUT2D eigenvalue weighted by Crippen LogP contribution is -2.51. The molecule has 232 valence electrons. The number of amides is 3. The Morgan fingerprint density at radius 2 is 1.69 bits per heavy atom. The molecule has 1 saturated carbocycles. The van der Waals surface area contributed by atoms with Gasteiger partial charge in [0.1, 0.15) is 6.04 Å². The second kappa shape index (κ2) is 15.6. The molecule has 3 fully saturated rings. The lowest BCUT2D eigenvalue weighted by molar-refractivity contribution is -0.151. The first kappa shape index (κ1) is 32.9. The van der Waals surface area contributed by atoms with E-state index < -0.39 is 23.1 Å². The molecule has 1 aromatic carbocycles. The Hall–Kier alpha value is -2.04. The molecule has 42 heavy (non-hydrogen) atoms. The van der Waals surface area contributed by atoms with Crippen molar-refractivity contribution in [1.82, 2.24) is 19.4 Å². The minimum Gasteiger partial charge on any atom is -0.353 e. The Kier molecular flexibility index (Phi) is 12.2. The number of piperidine rings is 1. The number of ketones is 1. The van der Waals surface area contributed by atoms with Crippen LogP contribution >= 0.6 is 23.7 Å². The molecule has 2 heterocycles. The van der Waals surface area contributed by atoms with Crippen molar-refractivity contribution in [2.24, 2.45) is 11.3 Å². The van der Waals surface area contributed by atoms with Gasteiger partial charge < -0.3 is 10.2 Å². The maximum atomic E-state index is 13.8. The summed E-state index contributed by atoms with van der Waals surface area (Å²) in [4.78, 5) is 56.6. The number of rotatable bonds is 11. The average Bonchev–Trinajstić information content (AvgIpc) is 3.48. The Labute approximate surface area is 260 Å². The molecule has 1 aliphatic carbocycles. The zero-order valence-corrected chi connectivity index (χ0v) is 27.1. The predicted molar refractivity (Wildman–Crippen MR) is 171 cm³/mol. The summed E-state index contributed by atoms with van der Waals surface area (Å²) in [5, 5.41) is 3.21. The number of hydrogen-bond donors (Lipinski definition) is 1. The number of carbonyl (C=O) groups is 4. The summed E-state index contributed by atoms with van der Waals surface area (Å²) in [6.07, 6.45) is 8.11. The quantitative estimate of drug-likeness (QED) is 0.284. The molecule has 0 radical (unpaired) electrons. The maximum Gasteiger partial charge on any atom is 0.291 e. The Morgan fingerprint density at radius 1 is 1.00 bits per heavy atom. The highest BCUT2D eigenvalue weighted by Crippen LogP contribution is 2.31. The van der Waals surface area contributed by atoms with Gasteiger partial charge in [0, 0.05) is 55.6 Å². The van der Waals surface area contributed by atoms with E-state index in [9.17, 15) is 19.2 Å². The summed E-state index contributed by atoms with van der Waals surface area (Å²) in [5.41, 5.74) is 0.502. The largest absolute Gasteiger partial charge is 0.353 e. The monoisotopic (exact) mass is 616 g/mol. The van der Waals surface area contributed by atoms with Crippen LogP contribution in [0.4, 0.5) is 0 Å². The van der Waals surface area contributed by atoms with Gasteiger partial charge in [0.15, 0.2) is 0 Å². The summed E-state index contributed by atoms with van der Waals surface area (Å²) < 4.78 is 1.72. The SMILES string of the molecule is CC(C)(C)C(=O)C(=O)N1CSC[C@H]1C(=O)N(CCC(=O)NC1CCN(Cc2ccccc2)CC1)SCC1CCCCC1. The normalized spacial score (nSPS) is 20.8. The maximum absolute atomic E-state index is 13.8. The summed E-state index contributed by atoms with van der Waals surface area (Å²) in [7, 11) is 0. The number of nitrogens with one attached hydrogen (secondary N) is 1. The fourth-order valence-corrected chi connectivity index (χ4v) is 8.17. The van der Waals surface area contributed by atoms with Gasteiger partial charge in [-0.25, -0.2) is 0 Å². The van der Waals surface area contributed by atoms with E-state index in [2.05, 4.69) is 34.5 Å². The van der Waals surface area contributed by atoms with E-state index in [4.69, 9.17) is 0 Å². The van der Waals surface area contributed by atoms with E-state index >= 15 is 0 Å². The van der Waals surface area contributed by atoms with Gasteiger partial charge >= 0.3 is 0 Å². The first-order chi connectivity index (χ1) is 20.1. The number of nitrogens with zero attached hydrogens (tertiary/aromatic N) is 3. The summed E-state index contributed by atoms with van der Waals surface area (Å²) in [6, 6.07) is 9.93. The van der Waals surface area contributed by atoms with Gasteiger partial charge in [-0.1, -0.05) is 70.4 Å². The van der Waals surface area contributed by atoms with Gasteiger partial charge in [-0.15, -0.1) is 11.8 Å². The van der Waals surface area contributed by atoms with E-state index in [0.29, 0.717) is 24.1 Å². The minimum atomic E-state index is -0.802. The second-order valence-corrected chi connectivity index (χ2v) is 15.0. The standard InChI is InChI=1S/C32H48N4O4S2/c1-32(2,3)29(38)31(40)35-23-41-22-27(35)30(39)36(42-21-25-12-8-5-9-13-25)19-16-28(37)33-26-14-17-34(18-15-26)20-24-10-6-4-7-11-24/h4,6-7,10-11,25-27H,5,8-9,12-23H2,1-3H3,(H,33,37)/t27-/m0/s1. The molecule has 2 saturated heterocycles. The molecule has 0 unspecified atom stereocenters. The van der Waals surface area contributed by atoms with E-state index in [1.54, 1.807) is 25.1 Å². The molecule has 3 aliphatic rings. The van der Waals surface area contributed by atoms with Gasteiger partial charge in [0.25, 0.3) is 11.8 Å². The van der Waals surface area contributed by atoms with Crippen LogP contribution in [0, 0.1) is 11.3 Å². The highest BCUT2D eigenvalue weighted by Gasteiger charge is 2.42. The fraction of sp³-hybridized carbons (Fsp3) is 0.688. The van der Waals surface area contributed by atoms with E-state index in [1.165, 1.54) is 66.3 Å². The molecule has 4 rings (SSSR count). The third-order valence-electron chi connectivity index (χ3n) is 8.48. The van der Waals surface area contributed by atoms with Crippen molar-refractivity contribution >= 4 is 47.2 Å². The van der Waals surface area contributed by atoms with E-state index in [1.807, 2.05) is 6.07 Å². The van der Waals surface area contributed by atoms with Crippen molar-refractivity contribution in [2.45, 2.75) is 90.8 Å². The van der Waals surface area contributed by atoms with Crippen LogP contribution in [0.5, 0.6) is 0 Å². The molecule has 1 aromatic rings. The topological polar surface area (TPSA) is 90.0 Å². The van der Waals surface area contributed by atoms with Crippen LogP contribution in [0.15, 0.2) is 30.3 Å². The molecule has 0 bridgehead atoms. The van der Waals surface area contributed by atoms with Gasteiger partial charge in [0.2, 0.25) is 11.7 Å². The van der Waals surface area contributed by atoms with Gasteiger partial charge in [-0.05, 0) is 49.1 Å². The number of likely N-dealkylation sites (tertiary alicyclic amines) is 1. The number of hydrogen-bond acceptors (Lipinski definition) is 7. The van der Waals surface area contributed by atoms with Crippen LogP contribution in [0.2, 0.25) is 0 Å². The van der Waals surface area contributed by atoms with Crippen LogP contribution in [0.25, 0.3) is 0 Å². The highest BCUT2D eigenvalue weighted by molar-refractivity contribution is 7.99. The van der Waals surface area contributed by atoms with Crippen molar-refractivity contribution < 1.29 is 19.2 Å². The molecular weight excluding hydrogens is 569 g/mol. The zero-order chi connectivity index (χ0) is 30.1. The molecule has 1 N–H and O–H groups in total. The van der Waals surface area contributed by atoms with Crippen molar-refractivity contribution in [1.29, 1.82) is 0 Å². The van der Waals surface area contributed by atoms with Gasteiger partial charge in [0.05, 0.1) is 5.88 Å². The van der Waals surface area contributed by atoms with Crippen molar-refractivity contribution in [3.05, 3.63) is 35.9 Å². The molecule has 2 aliphatic heterocycles. The summed E-state index contributed by atoms with van der Waals surface area (Å²) in [6.45, 7) is 8.29. The number of thioether (sulfide) groups is 1. The second-order valence-electron chi connectivity index (χ2n) is 13.0. The molecule has 8 nitrogen and oxygen atoms in total. The molecule has 3 amide bonds. The van der Waals surface area contributed by atoms with Crippen molar-refractivity contribution in [3.63, 3.8) is 0 Å². The smallest absolute Gasteiger partial charge is 0.291 e. The molecule has 1 atom stereocenters. The van der Waals surface area contributed by atoms with Crippen molar-refractivity contribution in [3.8, 4) is 0 Å². The molecule has 0 spiro atoms. The molecule has 10 heteroatoms. The highest BCUT2D eigenvalue weighted by atomic mass is 32.2. The number of benzene rings is 1. The number of Topliss-reactive ketones (excluding diaryl/α,β-unsaturated/α-hetero) is 1. The van der Waals surface area contributed by atoms with Crippen LogP contribution < -0.4 is 5.32 Å². The van der Waals surface area contributed by atoms with Crippen molar-refractivity contribution in [2.75, 3.05) is 37.0 Å². The third-order valence-corrected chi connectivity index (χ3v) is 10.8. The Balaban J connectivity index is 1.31. The summed E-state index contributed by atoms with van der Waals surface area (Å²) in [5.74, 6) is 0.937.